The molecule has 1 fully saturated rings. The number of amides is 3. The molecule has 0 unspecified atom stereocenters. The van der Waals surface area contributed by atoms with Gasteiger partial charge in [0.15, 0.2) is 5.76 Å². The second-order valence-corrected chi connectivity index (χ2v) is 6.66. The largest absolute Gasteiger partial charge is 0.459 e. The van der Waals surface area contributed by atoms with Crippen LogP contribution in [0.5, 0.6) is 0 Å². The molecule has 1 aliphatic heterocycles. The van der Waals surface area contributed by atoms with Gasteiger partial charge in [-0.3, -0.25) is 4.79 Å². The van der Waals surface area contributed by atoms with Gasteiger partial charge in [0.25, 0.3) is 5.91 Å². The fraction of sp³-hybridized carbons (Fsp3) is 0.222. The van der Waals surface area contributed by atoms with Gasteiger partial charge in [0.05, 0.1) is 6.26 Å². The third-order valence-electron chi connectivity index (χ3n) is 4.38. The number of furan rings is 1. The van der Waals surface area contributed by atoms with Crippen LogP contribution in [-0.4, -0.2) is 57.5 Å². The van der Waals surface area contributed by atoms with E-state index in [0.29, 0.717) is 37.6 Å². The van der Waals surface area contributed by atoms with Crippen LogP contribution in [0, 0.1) is 0 Å². The first-order valence-corrected chi connectivity index (χ1v) is 9.30. The first kappa shape index (κ1) is 17.2. The predicted octanol–water partition coefficient (Wildman–Crippen LogP) is 2.79. The molecule has 9 heteroatoms. The molecule has 3 heterocycles. The Hall–Kier alpha value is -3.20. The number of urea groups is 1. The van der Waals surface area contributed by atoms with E-state index >= 15 is 0 Å². The van der Waals surface area contributed by atoms with Crippen LogP contribution in [-0.2, 0) is 0 Å². The minimum absolute atomic E-state index is 0.146. The summed E-state index contributed by atoms with van der Waals surface area (Å²) in [4.78, 5) is 28.1. The van der Waals surface area contributed by atoms with Crippen molar-refractivity contribution in [2.45, 2.75) is 0 Å². The highest BCUT2D eigenvalue weighted by molar-refractivity contribution is 7.03. The Morgan fingerprint density at radius 1 is 1.04 bits per heavy atom. The number of rotatable bonds is 3. The molecule has 0 radical (unpaired) electrons. The third-order valence-corrected chi connectivity index (χ3v) is 4.88. The summed E-state index contributed by atoms with van der Waals surface area (Å²) in [5, 5.41) is 8.78. The van der Waals surface area contributed by atoms with Crippen LogP contribution in [0.2, 0.25) is 0 Å². The number of hydrogen-bond donors (Lipinski definition) is 1. The predicted molar refractivity (Wildman–Crippen MR) is 101 cm³/mol. The van der Waals surface area contributed by atoms with Crippen LogP contribution in [0.4, 0.5) is 10.5 Å². The monoisotopic (exact) mass is 383 g/mol. The van der Waals surface area contributed by atoms with Gasteiger partial charge in [-0.1, -0.05) is 16.6 Å². The number of carbonyl (C=O) groups excluding carboxylic acids is 2. The first-order valence-electron chi connectivity index (χ1n) is 8.47. The Labute approximate surface area is 159 Å². The molecule has 1 saturated heterocycles. The summed E-state index contributed by atoms with van der Waals surface area (Å²) in [5.74, 6) is 0.176. The van der Waals surface area contributed by atoms with Crippen LogP contribution >= 0.6 is 11.5 Å². The molecule has 0 bridgehead atoms. The lowest BCUT2D eigenvalue weighted by molar-refractivity contribution is 0.0640. The molecule has 1 N–H and O–H groups in total. The van der Waals surface area contributed by atoms with Crippen molar-refractivity contribution in [1.82, 2.24) is 19.4 Å². The smallest absolute Gasteiger partial charge is 0.321 e. The van der Waals surface area contributed by atoms with Gasteiger partial charge in [-0.25, -0.2) is 4.79 Å². The quantitative estimate of drug-likeness (QED) is 0.751. The number of nitrogens with zero attached hydrogens (tertiary/aromatic N) is 4. The van der Waals surface area contributed by atoms with Gasteiger partial charge >= 0.3 is 6.03 Å². The molecule has 1 aromatic carbocycles. The summed E-state index contributed by atoms with van der Waals surface area (Å²) < 4.78 is 8.99. The van der Waals surface area contributed by atoms with Gasteiger partial charge in [0.1, 0.15) is 5.69 Å². The van der Waals surface area contributed by atoms with E-state index in [2.05, 4.69) is 14.9 Å². The minimum Gasteiger partial charge on any atom is -0.459 e. The molecular formula is C18H17N5O3S. The molecule has 2 aromatic heterocycles. The molecule has 3 aromatic rings. The molecule has 8 nitrogen and oxygen atoms in total. The van der Waals surface area contributed by atoms with Crippen molar-refractivity contribution in [2.75, 3.05) is 31.5 Å². The average Bonchev–Trinajstić information content (AvgIpc) is 3.42. The fourth-order valence-corrected chi connectivity index (χ4v) is 3.35. The summed E-state index contributed by atoms with van der Waals surface area (Å²) >= 11 is 1.30. The molecule has 27 heavy (non-hydrogen) atoms. The highest BCUT2D eigenvalue weighted by Gasteiger charge is 2.26. The summed E-state index contributed by atoms with van der Waals surface area (Å²) in [5.41, 5.74) is 2.48. The zero-order valence-electron chi connectivity index (χ0n) is 14.4. The Morgan fingerprint density at radius 2 is 1.78 bits per heavy atom. The Bertz CT molecular complexity index is 901. The van der Waals surface area contributed by atoms with Crippen LogP contribution in [0.3, 0.4) is 0 Å². The highest BCUT2D eigenvalue weighted by atomic mass is 32.1. The molecule has 0 atom stereocenters. The highest BCUT2D eigenvalue weighted by Crippen LogP contribution is 2.20. The van der Waals surface area contributed by atoms with Crippen molar-refractivity contribution in [1.29, 1.82) is 0 Å². The van der Waals surface area contributed by atoms with Crippen LogP contribution < -0.4 is 5.32 Å². The summed E-state index contributed by atoms with van der Waals surface area (Å²) in [7, 11) is 0. The van der Waals surface area contributed by atoms with Crippen molar-refractivity contribution >= 4 is 29.2 Å². The number of piperazine rings is 1. The summed E-state index contributed by atoms with van der Waals surface area (Å²) in [6.45, 7) is 1.90. The maximum Gasteiger partial charge on any atom is 0.321 e. The molecule has 138 valence electrons. The number of aromatic nitrogens is 2. The molecule has 3 amide bonds. The van der Waals surface area contributed by atoms with Gasteiger partial charge < -0.3 is 19.5 Å². The fourth-order valence-electron chi connectivity index (χ4n) is 2.89. The molecule has 0 saturated carbocycles. The Balaban J connectivity index is 1.31. The van der Waals surface area contributed by atoms with Crippen molar-refractivity contribution in [3.05, 3.63) is 53.8 Å². The van der Waals surface area contributed by atoms with Crippen LogP contribution in [0.1, 0.15) is 10.6 Å². The van der Waals surface area contributed by atoms with Crippen molar-refractivity contribution in [3.8, 4) is 11.3 Å². The zero-order valence-corrected chi connectivity index (χ0v) is 15.2. The topological polar surface area (TPSA) is 91.6 Å². The van der Waals surface area contributed by atoms with E-state index in [-0.39, 0.29) is 11.9 Å². The number of nitrogens with one attached hydrogen (secondary N) is 1. The molecule has 0 spiro atoms. The van der Waals surface area contributed by atoms with Crippen molar-refractivity contribution in [2.24, 2.45) is 0 Å². The lowest BCUT2D eigenvalue weighted by Crippen LogP contribution is -2.51. The Kier molecular flexibility index (Phi) is 4.84. The second kappa shape index (κ2) is 7.58. The first-order chi connectivity index (χ1) is 13.2. The van der Waals surface area contributed by atoms with Crippen molar-refractivity contribution in [3.63, 3.8) is 0 Å². The number of hydrogen-bond acceptors (Lipinski definition) is 6. The van der Waals surface area contributed by atoms with Gasteiger partial charge in [-0.2, -0.15) is 0 Å². The van der Waals surface area contributed by atoms with E-state index in [1.54, 1.807) is 21.9 Å². The normalized spacial score (nSPS) is 14.2. The number of anilines is 1. The van der Waals surface area contributed by atoms with E-state index in [1.165, 1.54) is 17.8 Å². The summed E-state index contributed by atoms with van der Waals surface area (Å²) in [6, 6.07) is 10.6. The molecule has 4 rings (SSSR count). The second-order valence-electron chi connectivity index (χ2n) is 6.05. The maximum atomic E-state index is 12.5. The van der Waals surface area contributed by atoms with E-state index in [0.717, 1.165) is 11.3 Å². The zero-order chi connectivity index (χ0) is 18.6. The minimum atomic E-state index is -0.178. The van der Waals surface area contributed by atoms with Gasteiger partial charge in [-0.05, 0) is 35.8 Å². The maximum absolute atomic E-state index is 12.5. The van der Waals surface area contributed by atoms with E-state index in [9.17, 15) is 9.59 Å². The Morgan fingerprint density at radius 3 is 2.41 bits per heavy atom. The SMILES string of the molecule is O=C(Nc1ccc(-c2csnn2)cc1)N1CCN(C(=O)c2ccco2)CC1. The molecular weight excluding hydrogens is 366 g/mol. The molecule has 1 aliphatic rings. The van der Waals surface area contributed by atoms with Gasteiger partial charge in [-0.15, -0.1) is 5.10 Å². The lowest BCUT2D eigenvalue weighted by Gasteiger charge is -2.34. The van der Waals surface area contributed by atoms with Crippen molar-refractivity contribution < 1.29 is 14.0 Å². The summed E-state index contributed by atoms with van der Waals surface area (Å²) in [6.07, 6.45) is 1.48. The molecule has 0 aliphatic carbocycles. The number of carbonyl (C=O) groups is 2. The van der Waals surface area contributed by atoms with E-state index in [4.69, 9.17) is 4.42 Å². The third kappa shape index (κ3) is 3.82. The number of benzene rings is 1. The average molecular weight is 383 g/mol. The van der Waals surface area contributed by atoms with Crippen LogP contribution in [0.25, 0.3) is 11.3 Å². The van der Waals surface area contributed by atoms with Crippen LogP contribution in [0.15, 0.2) is 52.5 Å². The van der Waals surface area contributed by atoms with Gasteiger partial charge in [0, 0.05) is 42.8 Å². The lowest BCUT2D eigenvalue weighted by atomic mass is 10.1. The van der Waals surface area contributed by atoms with E-state index < -0.39 is 0 Å². The van der Waals surface area contributed by atoms with Gasteiger partial charge in [0.2, 0.25) is 0 Å². The standard InChI is InChI=1S/C18H17N5O3S/c24-17(16-2-1-11-26-16)22-7-9-23(10-8-22)18(25)19-14-5-3-13(4-6-14)15-12-27-21-20-15/h1-6,11-12H,7-10H2,(H,19,25). The van der Waals surface area contributed by atoms with E-state index in [1.807, 2.05) is 29.6 Å².